The Bertz CT molecular complexity index is 1360. The van der Waals surface area contributed by atoms with Crippen LogP contribution in [0.4, 0.5) is 11.4 Å². The molecule has 0 saturated carbocycles. The van der Waals surface area contributed by atoms with E-state index in [2.05, 4.69) is 5.32 Å². The number of hydrogen-bond acceptors (Lipinski definition) is 6. The third-order valence-corrected chi connectivity index (χ3v) is 5.72. The van der Waals surface area contributed by atoms with Crippen LogP contribution < -0.4 is 19.7 Å². The van der Waals surface area contributed by atoms with E-state index < -0.39 is 17.7 Å². The summed E-state index contributed by atoms with van der Waals surface area (Å²) in [7, 11) is 1.52. The average Bonchev–Trinajstić information content (AvgIpc) is 3.14. The van der Waals surface area contributed by atoms with Crippen LogP contribution in [0.15, 0.2) is 78.4 Å². The van der Waals surface area contributed by atoms with Crippen molar-refractivity contribution in [1.82, 2.24) is 0 Å². The number of amides is 2. The quantitative estimate of drug-likeness (QED) is 0.285. The van der Waals surface area contributed by atoms with Crippen LogP contribution in [0.2, 0.25) is 0 Å². The van der Waals surface area contributed by atoms with E-state index in [4.69, 9.17) is 9.47 Å². The van der Waals surface area contributed by atoms with E-state index in [1.165, 1.54) is 18.9 Å². The van der Waals surface area contributed by atoms with Crippen molar-refractivity contribution in [3.63, 3.8) is 0 Å². The van der Waals surface area contributed by atoms with Crippen LogP contribution in [0.1, 0.15) is 31.0 Å². The van der Waals surface area contributed by atoms with Crippen molar-refractivity contribution in [2.45, 2.75) is 19.9 Å². The summed E-state index contributed by atoms with van der Waals surface area (Å²) in [5.41, 5.74) is 1.71. The van der Waals surface area contributed by atoms with Gasteiger partial charge in [0.25, 0.3) is 11.7 Å². The zero-order chi connectivity index (χ0) is 25.8. The van der Waals surface area contributed by atoms with Crippen LogP contribution in [-0.2, 0) is 14.4 Å². The lowest BCUT2D eigenvalue weighted by Crippen LogP contribution is -2.29. The van der Waals surface area contributed by atoms with Gasteiger partial charge in [0.15, 0.2) is 0 Å². The third kappa shape index (κ3) is 4.79. The second-order valence-electron chi connectivity index (χ2n) is 8.14. The highest BCUT2D eigenvalue weighted by molar-refractivity contribution is 6.51. The van der Waals surface area contributed by atoms with Gasteiger partial charge in [0.2, 0.25) is 5.91 Å². The molecule has 0 aromatic heterocycles. The number of carbonyl (C=O) groups excluding carboxylic acids is 3. The normalized spacial score (nSPS) is 16.6. The largest absolute Gasteiger partial charge is 0.507 e. The van der Waals surface area contributed by atoms with E-state index in [1.807, 2.05) is 6.92 Å². The molecule has 184 valence electrons. The lowest BCUT2D eigenvalue weighted by molar-refractivity contribution is -0.132. The highest BCUT2D eigenvalue weighted by atomic mass is 16.5. The molecule has 36 heavy (non-hydrogen) atoms. The van der Waals surface area contributed by atoms with Gasteiger partial charge in [-0.2, -0.15) is 0 Å². The van der Waals surface area contributed by atoms with E-state index >= 15 is 0 Å². The van der Waals surface area contributed by atoms with Gasteiger partial charge in [-0.15, -0.1) is 0 Å². The number of ether oxygens (including phenoxy) is 2. The summed E-state index contributed by atoms with van der Waals surface area (Å²) in [6.45, 7) is 3.66. The number of benzene rings is 3. The number of aliphatic hydroxyl groups excluding tert-OH is 1. The molecule has 1 fully saturated rings. The van der Waals surface area contributed by atoms with Crippen LogP contribution >= 0.6 is 0 Å². The van der Waals surface area contributed by atoms with Crippen molar-refractivity contribution < 1.29 is 29.0 Å². The van der Waals surface area contributed by atoms with Crippen LogP contribution in [0.3, 0.4) is 0 Å². The van der Waals surface area contributed by atoms with Crippen molar-refractivity contribution in [3.8, 4) is 11.5 Å². The van der Waals surface area contributed by atoms with Gasteiger partial charge >= 0.3 is 0 Å². The molecule has 1 unspecified atom stereocenters. The maximum Gasteiger partial charge on any atom is 0.300 e. The number of nitrogens with zero attached hydrogens (tertiary/aromatic N) is 1. The first kappa shape index (κ1) is 24.5. The molecule has 1 aliphatic rings. The van der Waals surface area contributed by atoms with Gasteiger partial charge in [-0.3, -0.25) is 19.3 Å². The Balaban J connectivity index is 1.92. The minimum absolute atomic E-state index is 0.0631. The van der Waals surface area contributed by atoms with E-state index in [-0.39, 0.29) is 17.2 Å². The van der Waals surface area contributed by atoms with Gasteiger partial charge < -0.3 is 19.9 Å². The zero-order valence-corrected chi connectivity index (χ0v) is 20.1. The van der Waals surface area contributed by atoms with Crippen molar-refractivity contribution in [1.29, 1.82) is 0 Å². The maximum atomic E-state index is 13.4. The van der Waals surface area contributed by atoms with Gasteiger partial charge in [0.05, 0.1) is 25.3 Å². The lowest BCUT2D eigenvalue weighted by Gasteiger charge is -2.26. The molecule has 3 aromatic rings. The van der Waals surface area contributed by atoms with E-state index in [0.717, 1.165) is 0 Å². The fourth-order valence-corrected chi connectivity index (χ4v) is 4.22. The molecule has 1 heterocycles. The fourth-order valence-electron chi connectivity index (χ4n) is 4.22. The number of nitrogens with one attached hydrogen (secondary N) is 1. The maximum absolute atomic E-state index is 13.4. The molecule has 3 aromatic carbocycles. The summed E-state index contributed by atoms with van der Waals surface area (Å²) in [5.74, 6) is -1.16. The van der Waals surface area contributed by atoms with Crippen LogP contribution in [-0.4, -0.2) is 36.4 Å². The van der Waals surface area contributed by atoms with E-state index in [9.17, 15) is 19.5 Å². The van der Waals surface area contributed by atoms with Gasteiger partial charge in [-0.1, -0.05) is 30.3 Å². The molecule has 8 heteroatoms. The SMILES string of the molecule is CCOc1cccc(/C(O)=C2\C(=O)C(=O)N(c3cccc(NC(C)=O)c3)C2c2cccc(OC)c2)c1. The summed E-state index contributed by atoms with van der Waals surface area (Å²) >= 11 is 0. The summed E-state index contributed by atoms with van der Waals surface area (Å²) in [6.07, 6.45) is 0. The number of rotatable bonds is 7. The number of ketones is 1. The molecule has 1 aliphatic heterocycles. The second kappa shape index (κ2) is 10.4. The number of methoxy groups -OCH3 is 1. The van der Waals surface area contributed by atoms with Crippen LogP contribution in [0, 0.1) is 0 Å². The Morgan fingerprint density at radius 1 is 1.00 bits per heavy atom. The van der Waals surface area contributed by atoms with Gasteiger partial charge in [-0.25, -0.2) is 0 Å². The molecule has 1 saturated heterocycles. The average molecular weight is 487 g/mol. The third-order valence-electron chi connectivity index (χ3n) is 5.72. The highest BCUT2D eigenvalue weighted by Crippen LogP contribution is 2.43. The van der Waals surface area contributed by atoms with Crippen LogP contribution in [0.25, 0.3) is 5.76 Å². The predicted molar refractivity (Wildman–Crippen MR) is 136 cm³/mol. The highest BCUT2D eigenvalue weighted by Gasteiger charge is 2.47. The fraction of sp³-hybridized carbons (Fsp3) is 0.179. The molecule has 0 bridgehead atoms. The minimum Gasteiger partial charge on any atom is -0.507 e. The minimum atomic E-state index is -0.941. The van der Waals surface area contributed by atoms with Crippen molar-refractivity contribution in [2.75, 3.05) is 23.9 Å². The first-order chi connectivity index (χ1) is 17.3. The molecule has 0 radical (unpaired) electrons. The van der Waals surface area contributed by atoms with Crippen LogP contribution in [0.5, 0.6) is 11.5 Å². The van der Waals surface area contributed by atoms with Crippen molar-refractivity contribution in [3.05, 3.63) is 89.5 Å². The summed E-state index contributed by atoms with van der Waals surface area (Å²) < 4.78 is 10.9. The number of hydrogen-bond donors (Lipinski definition) is 2. The Hall–Kier alpha value is -4.59. The van der Waals surface area contributed by atoms with E-state index in [0.29, 0.717) is 40.6 Å². The summed E-state index contributed by atoms with van der Waals surface area (Å²) in [5, 5.41) is 14.0. The van der Waals surface area contributed by atoms with Gasteiger partial charge in [0.1, 0.15) is 17.3 Å². The zero-order valence-electron chi connectivity index (χ0n) is 20.1. The Labute approximate surface area is 208 Å². The molecule has 8 nitrogen and oxygen atoms in total. The second-order valence-corrected chi connectivity index (χ2v) is 8.14. The standard InChI is InChI=1S/C28H26N2O6/c1-4-36-23-13-6-9-19(15-23)26(32)24-25(18-8-5-12-22(14-18)35-3)30(28(34)27(24)33)21-11-7-10-20(16-21)29-17(2)31/h5-16,25,32H,4H2,1-3H3,(H,29,31)/b26-24+. The first-order valence-electron chi connectivity index (χ1n) is 11.4. The molecule has 2 amide bonds. The number of aliphatic hydroxyl groups is 1. The number of anilines is 2. The molecular weight excluding hydrogens is 460 g/mol. The smallest absolute Gasteiger partial charge is 0.300 e. The molecule has 1 atom stereocenters. The monoisotopic (exact) mass is 486 g/mol. The molecule has 4 rings (SSSR count). The molecule has 0 spiro atoms. The Morgan fingerprint density at radius 3 is 2.44 bits per heavy atom. The Morgan fingerprint density at radius 2 is 1.72 bits per heavy atom. The van der Waals surface area contributed by atoms with Gasteiger partial charge in [0, 0.05) is 23.9 Å². The van der Waals surface area contributed by atoms with Crippen molar-refractivity contribution >= 4 is 34.7 Å². The van der Waals surface area contributed by atoms with Gasteiger partial charge in [-0.05, 0) is 55.0 Å². The number of Topliss-reactive ketones (excluding diaryl/α,β-unsaturated/α-hetero) is 1. The first-order valence-corrected chi connectivity index (χ1v) is 11.4. The predicted octanol–water partition coefficient (Wildman–Crippen LogP) is 4.68. The van der Waals surface area contributed by atoms with Crippen molar-refractivity contribution in [2.24, 2.45) is 0 Å². The topological polar surface area (TPSA) is 105 Å². The summed E-state index contributed by atoms with van der Waals surface area (Å²) in [6, 6.07) is 19.4. The number of carbonyl (C=O) groups is 3. The Kier molecular flexibility index (Phi) is 7.05. The molecule has 2 N–H and O–H groups in total. The van der Waals surface area contributed by atoms with E-state index in [1.54, 1.807) is 72.8 Å². The molecule has 0 aliphatic carbocycles. The summed E-state index contributed by atoms with van der Waals surface area (Å²) in [4.78, 5) is 39.7. The lowest BCUT2D eigenvalue weighted by atomic mass is 9.95. The molecular formula is C28H26N2O6.